The van der Waals surface area contributed by atoms with Crippen LogP contribution in [0.2, 0.25) is 0 Å². The van der Waals surface area contributed by atoms with Crippen molar-refractivity contribution >= 4 is 27.4 Å². The zero-order chi connectivity index (χ0) is 18.9. The molecule has 0 saturated heterocycles. The number of halogens is 1. The third-order valence-electron chi connectivity index (χ3n) is 4.50. The van der Waals surface area contributed by atoms with Gasteiger partial charge in [0.2, 0.25) is 0 Å². The van der Waals surface area contributed by atoms with Gasteiger partial charge in [0, 0.05) is 4.88 Å². The van der Waals surface area contributed by atoms with Crippen LogP contribution in [0.1, 0.15) is 0 Å². The average Bonchev–Trinajstić information content (AvgIpc) is 3.17. The number of nitrogens with zero attached hydrogens (tertiary/aromatic N) is 2. The molecule has 1 aliphatic rings. The van der Waals surface area contributed by atoms with Crippen molar-refractivity contribution in [3.8, 4) is 21.9 Å². The Hall–Kier alpha value is -3.19. The van der Waals surface area contributed by atoms with Crippen molar-refractivity contribution in [2.75, 3.05) is 18.5 Å². The van der Waals surface area contributed by atoms with E-state index >= 15 is 0 Å². The molecule has 7 heteroatoms. The van der Waals surface area contributed by atoms with Gasteiger partial charge >= 0.3 is 0 Å². The first-order chi connectivity index (χ1) is 13.8. The SMILES string of the molecule is Fc1ccc(-c2cc3ncnc(NC[C@H]4COc5ccccc5O4)c3s2)cc1. The molecule has 1 N–H and O–H groups in total. The van der Waals surface area contributed by atoms with Crippen LogP contribution in [0, 0.1) is 5.82 Å². The zero-order valence-electron chi connectivity index (χ0n) is 14.8. The lowest BCUT2D eigenvalue weighted by Crippen LogP contribution is -2.35. The van der Waals surface area contributed by atoms with E-state index in [1.807, 2.05) is 30.3 Å². The first kappa shape index (κ1) is 16.9. The molecular formula is C21H16FN3O2S. The Labute approximate surface area is 164 Å². The molecule has 140 valence electrons. The molecule has 28 heavy (non-hydrogen) atoms. The van der Waals surface area contributed by atoms with Crippen LogP contribution < -0.4 is 14.8 Å². The molecule has 1 atom stereocenters. The van der Waals surface area contributed by atoms with E-state index in [0.717, 1.165) is 38.0 Å². The van der Waals surface area contributed by atoms with Crippen molar-refractivity contribution in [3.63, 3.8) is 0 Å². The normalized spacial score (nSPS) is 15.5. The fourth-order valence-electron chi connectivity index (χ4n) is 3.11. The van der Waals surface area contributed by atoms with Gasteiger partial charge in [-0.15, -0.1) is 11.3 Å². The summed E-state index contributed by atoms with van der Waals surface area (Å²) in [4.78, 5) is 9.77. The number of hydrogen-bond donors (Lipinski definition) is 1. The Kier molecular flexibility index (Phi) is 4.29. The Morgan fingerprint density at radius 2 is 1.89 bits per heavy atom. The van der Waals surface area contributed by atoms with Crippen LogP contribution >= 0.6 is 11.3 Å². The molecule has 0 amide bonds. The maximum Gasteiger partial charge on any atom is 0.161 e. The highest BCUT2D eigenvalue weighted by Gasteiger charge is 2.21. The van der Waals surface area contributed by atoms with Crippen LogP contribution in [0.15, 0.2) is 60.9 Å². The number of thiophene rings is 1. The maximum absolute atomic E-state index is 13.2. The lowest BCUT2D eigenvalue weighted by Gasteiger charge is -2.26. The Morgan fingerprint density at radius 3 is 2.75 bits per heavy atom. The summed E-state index contributed by atoms with van der Waals surface area (Å²) in [5, 5.41) is 3.36. The van der Waals surface area contributed by atoms with Crippen LogP contribution in [0.25, 0.3) is 20.7 Å². The van der Waals surface area contributed by atoms with E-state index in [0.29, 0.717) is 13.2 Å². The van der Waals surface area contributed by atoms with Gasteiger partial charge in [0.05, 0.1) is 16.8 Å². The minimum Gasteiger partial charge on any atom is -0.486 e. The fraction of sp³-hybridized carbons (Fsp3) is 0.143. The lowest BCUT2D eigenvalue weighted by molar-refractivity contribution is 0.0997. The summed E-state index contributed by atoms with van der Waals surface area (Å²) < 4.78 is 25.9. The predicted molar refractivity (Wildman–Crippen MR) is 108 cm³/mol. The minimum atomic E-state index is -0.247. The molecule has 2 aromatic heterocycles. The molecule has 0 fully saturated rings. The average molecular weight is 393 g/mol. The molecule has 0 radical (unpaired) electrons. The zero-order valence-corrected chi connectivity index (χ0v) is 15.6. The minimum absolute atomic E-state index is 0.114. The van der Waals surface area contributed by atoms with Gasteiger partial charge in [-0.2, -0.15) is 0 Å². The fourth-order valence-corrected chi connectivity index (χ4v) is 4.19. The third-order valence-corrected chi connectivity index (χ3v) is 5.68. The summed E-state index contributed by atoms with van der Waals surface area (Å²) in [6.07, 6.45) is 1.43. The number of ether oxygens (including phenoxy) is 2. The van der Waals surface area contributed by atoms with E-state index in [9.17, 15) is 4.39 Å². The quantitative estimate of drug-likeness (QED) is 0.542. The molecule has 4 aromatic rings. The summed E-state index contributed by atoms with van der Waals surface area (Å²) in [7, 11) is 0. The molecule has 3 heterocycles. The molecule has 5 nitrogen and oxygen atoms in total. The van der Waals surface area contributed by atoms with Crippen molar-refractivity contribution in [1.82, 2.24) is 9.97 Å². The van der Waals surface area contributed by atoms with Gasteiger partial charge in [0.1, 0.15) is 30.7 Å². The standard InChI is InChI=1S/C21H16FN3O2S/c22-14-7-5-13(6-8-14)19-9-16-20(28-19)21(25-12-24-16)23-10-15-11-26-17-3-1-2-4-18(17)27-15/h1-9,12,15H,10-11H2,(H,23,24,25)/t15-/m0/s1. The van der Waals surface area contributed by atoms with Crippen molar-refractivity contribution in [2.45, 2.75) is 6.10 Å². The van der Waals surface area contributed by atoms with E-state index in [1.54, 1.807) is 29.8 Å². The summed E-state index contributed by atoms with van der Waals surface area (Å²) in [5.74, 6) is 2.03. The van der Waals surface area contributed by atoms with Crippen LogP contribution in [0.5, 0.6) is 11.5 Å². The number of anilines is 1. The first-order valence-corrected chi connectivity index (χ1v) is 9.71. The second kappa shape index (κ2) is 7.09. The monoisotopic (exact) mass is 393 g/mol. The van der Waals surface area contributed by atoms with Crippen molar-refractivity contribution in [3.05, 3.63) is 66.7 Å². The smallest absolute Gasteiger partial charge is 0.161 e. The van der Waals surface area contributed by atoms with E-state index in [1.165, 1.54) is 12.1 Å². The largest absolute Gasteiger partial charge is 0.486 e. The number of aromatic nitrogens is 2. The maximum atomic E-state index is 13.2. The van der Waals surface area contributed by atoms with E-state index in [-0.39, 0.29) is 11.9 Å². The van der Waals surface area contributed by atoms with Gasteiger partial charge in [-0.3, -0.25) is 0 Å². The summed E-state index contributed by atoms with van der Waals surface area (Å²) in [6, 6.07) is 16.1. The Bertz CT molecular complexity index is 1130. The van der Waals surface area contributed by atoms with E-state index < -0.39 is 0 Å². The molecular weight excluding hydrogens is 377 g/mol. The van der Waals surface area contributed by atoms with E-state index in [4.69, 9.17) is 9.47 Å². The van der Waals surface area contributed by atoms with Crippen LogP contribution in [0.3, 0.4) is 0 Å². The molecule has 1 aliphatic heterocycles. The number of hydrogen-bond acceptors (Lipinski definition) is 6. The van der Waals surface area contributed by atoms with Crippen LogP contribution in [-0.2, 0) is 0 Å². The topological polar surface area (TPSA) is 56.3 Å². The van der Waals surface area contributed by atoms with Gasteiger partial charge in [-0.05, 0) is 35.9 Å². The number of nitrogens with one attached hydrogen (secondary N) is 1. The van der Waals surface area contributed by atoms with Crippen molar-refractivity contribution in [1.29, 1.82) is 0 Å². The number of benzene rings is 2. The summed E-state index contributed by atoms with van der Waals surface area (Å²) in [5.41, 5.74) is 1.81. The second-order valence-corrected chi connectivity index (χ2v) is 7.48. The molecule has 0 bridgehead atoms. The van der Waals surface area contributed by atoms with Crippen LogP contribution in [0.4, 0.5) is 10.2 Å². The molecule has 5 rings (SSSR count). The summed E-state index contributed by atoms with van der Waals surface area (Å²) in [6.45, 7) is 1.04. The number of para-hydroxylation sites is 2. The molecule has 0 saturated carbocycles. The highest BCUT2D eigenvalue weighted by molar-refractivity contribution is 7.22. The molecule has 0 spiro atoms. The predicted octanol–water partition coefficient (Wildman–Crippen LogP) is 4.75. The molecule has 0 unspecified atom stereocenters. The number of rotatable bonds is 4. The second-order valence-electron chi connectivity index (χ2n) is 6.43. The Morgan fingerprint density at radius 1 is 1.07 bits per heavy atom. The molecule has 0 aliphatic carbocycles. The van der Waals surface area contributed by atoms with Crippen molar-refractivity contribution < 1.29 is 13.9 Å². The number of fused-ring (bicyclic) bond motifs is 2. The lowest BCUT2D eigenvalue weighted by atomic mass is 10.2. The highest BCUT2D eigenvalue weighted by Crippen LogP contribution is 2.36. The highest BCUT2D eigenvalue weighted by atomic mass is 32.1. The Balaban J connectivity index is 1.36. The summed E-state index contributed by atoms with van der Waals surface area (Å²) >= 11 is 1.58. The first-order valence-electron chi connectivity index (χ1n) is 8.89. The van der Waals surface area contributed by atoms with Gasteiger partial charge < -0.3 is 14.8 Å². The van der Waals surface area contributed by atoms with Crippen molar-refractivity contribution in [2.24, 2.45) is 0 Å². The van der Waals surface area contributed by atoms with E-state index in [2.05, 4.69) is 15.3 Å². The van der Waals surface area contributed by atoms with Gasteiger partial charge in [-0.25, -0.2) is 14.4 Å². The van der Waals surface area contributed by atoms with Gasteiger partial charge in [0.25, 0.3) is 0 Å². The molecule has 2 aromatic carbocycles. The van der Waals surface area contributed by atoms with Gasteiger partial charge in [0.15, 0.2) is 11.5 Å². The van der Waals surface area contributed by atoms with Crippen LogP contribution in [-0.4, -0.2) is 29.2 Å². The van der Waals surface area contributed by atoms with Gasteiger partial charge in [-0.1, -0.05) is 24.3 Å². The third kappa shape index (κ3) is 3.25.